The Labute approximate surface area is 99.9 Å². The number of esters is 1. The molecular weight excluding hydrogens is 312 g/mol. The predicted molar refractivity (Wildman–Crippen MR) is 63.0 cm³/mol. The van der Waals surface area contributed by atoms with Gasteiger partial charge in [0.1, 0.15) is 0 Å². The van der Waals surface area contributed by atoms with E-state index in [4.69, 9.17) is 4.74 Å². The molecule has 1 aromatic carbocycles. The van der Waals surface area contributed by atoms with E-state index in [9.17, 15) is 4.79 Å². The number of alkyl halides is 2. The third-order valence-corrected chi connectivity index (χ3v) is 3.13. The molecule has 0 heterocycles. The lowest BCUT2D eigenvalue weighted by atomic mass is 10.1. The second-order valence-corrected chi connectivity index (χ2v) is 3.87. The molecule has 1 rings (SSSR count). The van der Waals surface area contributed by atoms with Crippen LogP contribution in [-0.4, -0.2) is 13.1 Å². The van der Waals surface area contributed by atoms with Crippen molar-refractivity contribution >= 4 is 37.8 Å². The van der Waals surface area contributed by atoms with E-state index in [2.05, 4.69) is 31.9 Å². The highest BCUT2D eigenvalue weighted by molar-refractivity contribution is 9.08. The maximum atomic E-state index is 11.4. The van der Waals surface area contributed by atoms with Crippen LogP contribution >= 0.6 is 31.9 Å². The van der Waals surface area contributed by atoms with E-state index in [-0.39, 0.29) is 5.97 Å². The van der Waals surface area contributed by atoms with E-state index in [1.165, 1.54) is 7.11 Å². The molecule has 14 heavy (non-hydrogen) atoms. The van der Waals surface area contributed by atoms with Gasteiger partial charge in [-0.2, -0.15) is 0 Å². The average molecular weight is 322 g/mol. The fourth-order valence-corrected chi connectivity index (χ4v) is 1.96. The molecule has 2 nitrogen and oxygen atoms in total. The number of carbonyl (C=O) groups excluding carboxylic acids is 1. The molecular formula is C10H10Br2O2. The molecule has 0 atom stereocenters. The number of hydrogen-bond acceptors (Lipinski definition) is 2. The van der Waals surface area contributed by atoms with Gasteiger partial charge in [-0.25, -0.2) is 4.79 Å². The molecule has 0 saturated carbocycles. The van der Waals surface area contributed by atoms with Gasteiger partial charge >= 0.3 is 5.97 Å². The zero-order valence-corrected chi connectivity index (χ0v) is 10.9. The first-order valence-corrected chi connectivity index (χ1v) is 6.29. The van der Waals surface area contributed by atoms with Crippen molar-refractivity contribution in [1.82, 2.24) is 0 Å². The molecule has 0 saturated heterocycles. The number of halogens is 2. The van der Waals surface area contributed by atoms with Gasteiger partial charge in [0, 0.05) is 10.7 Å². The summed E-state index contributed by atoms with van der Waals surface area (Å²) in [7, 11) is 1.39. The summed E-state index contributed by atoms with van der Waals surface area (Å²) in [6.07, 6.45) is 0. The van der Waals surface area contributed by atoms with Crippen LogP contribution < -0.4 is 0 Å². The molecule has 0 aliphatic carbocycles. The van der Waals surface area contributed by atoms with E-state index in [1.54, 1.807) is 0 Å². The van der Waals surface area contributed by atoms with E-state index >= 15 is 0 Å². The number of ether oxygens (including phenoxy) is 1. The van der Waals surface area contributed by atoms with Gasteiger partial charge in [-0.1, -0.05) is 44.0 Å². The summed E-state index contributed by atoms with van der Waals surface area (Å²) in [4.78, 5) is 11.4. The van der Waals surface area contributed by atoms with Crippen LogP contribution in [0.3, 0.4) is 0 Å². The standard InChI is InChI=1S/C10H10Br2O2/c1-14-10(13)9-4-7(5-11)2-3-8(9)6-12/h2-4H,5-6H2,1H3. The quantitative estimate of drug-likeness (QED) is 0.631. The predicted octanol–water partition coefficient (Wildman–Crippen LogP) is 3.26. The van der Waals surface area contributed by atoms with E-state index in [0.29, 0.717) is 10.9 Å². The lowest BCUT2D eigenvalue weighted by Crippen LogP contribution is -2.05. The number of rotatable bonds is 3. The summed E-state index contributed by atoms with van der Waals surface area (Å²) in [5, 5.41) is 1.39. The van der Waals surface area contributed by atoms with Crippen molar-refractivity contribution < 1.29 is 9.53 Å². The van der Waals surface area contributed by atoms with Crippen LogP contribution in [0.2, 0.25) is 0 Å². The average Bonchev–Trinajstić information content (AvgIpc) is 2.27. The molecule has 0 bridgehead atoms. The van der Waals surface area contributed by atoms with Gasteiger partial charge in [0.2, 0.25) is 0 Å². The Hall–Kier alpha value is -0.350. The summed E-state index contributed by atoms with van der Waals surface area (Å²) in [5.74, 6) is -0.290. The van der Waals surface area contributed by atoms with Crippen molar-refractivity contribution in [3.05, 3.63) is 34.9 Å². The molecule has 0 radical (unpaired) electrons. The highest BCUT2D eigenvalue weighted by Gasteiger charge is 2.11. The first-order valence-electron chi connectivity index (χ1n) is 4.05. The second-order valence-electron chi connectivity index (χ2n) is 2.75. The molecule has 76 valence electrons. The summed E-state index contributed by atoms with van der Waals surface area (Å²) in [6.45, 7) is 0. The van der Waals surface area contributed by atoms with Crippen molar-refractivity contribution in [2.45, 2.75) is 10.7 Å². The zero-order chi connectivity index (χ0) is 10.6. The highest BCUT2D eigenvalue weighted by Crippen LogP contribution is 2.17. The van der Waals surface area contributed by atoms with Crippen molar-refractivity contribution in [2.75, 3.05) is 7.11 Å². The molecule has 0 fully saturated rings. The van der Waals surface area contributed by atoms with Gasteiger partial charge in [0.15, 0.2) is 0 Å². The number of carbonyl (C=O) groups is 1. The van der Waals surface area contributed by atoms with E-state index < -0.39 is 0 Å². The van der Waals surface area contributed by atoms with Crippen LogP contribution in [0, 0.1) is 0 Å². The largest absolute Gasteiger partial charge is 0.465 e. The summed E-state index contributed by atoms with van der Waals surface area (Å²) >= 11 is 6.68. The summed E-state index contributed by atoms with van der Waals surface area (Å²) in [5.41, 5.74) is 2.64. The van der Waals surface area contributed by atoms with Gasteiger partial charge in [-0.3, -0.25) is 0 Å². The molecule has 0 N–H and O–H groups in total. The molecule has 4 heteroatoms. The maximum Gasteiger partial charge on any atom is 0.338 e. The zero-order valence-electron chi connectivity index (χ0n) is 7.72. The van der Waals surface area contributed by atoms with Gasteiger partial charge in [0.05, 0.1) is 12.7 Å². The Morgan fingerprint density at radius 1 is 1.36 bits per heavy atom. The Morgan fingerprint density at radius 3 is 2.57 bits per heavy atom. The normalized spacial score (nSPS) is 9.93. The third kappa shape index (κ3) is 2.58. The maximum absolute atomic E-state index is 11.4. The summed E-state index contributed by atoms with van der Waals surface area (Å²) < 4.78 is 4.70. The van der Waals surface area contributed by atoms with Crippen LogP contribution in [0.15, 0.2) is 18.2 Å². The molecule has 0 spiro atoms. The Kier molecular flexibility index (Phi) is 4.62. The Balaban J connectivity index is 3.14. The van der Waals surface area contributed by atoms with Crippen LogP contribution in [-0.2, 0) is 15.4 Å². The smallest absolute Gasteiger partial charge is 0.338 e. The summed E-state index contributed by atoms with van der Waals surface area (Å²) in [6, 6.07) is 5.76. The van der Waals surface area contributed by atoms with Crippen molar-refractivity contribution in [3.8, 4) is 0 Å². The van der Waals surface area contributed by atoms with Crippen LogP contribution in [0.4, 0.5) is 0 Å². The number of methoxy groups -OCH3 is 1. The second kappa shape index (κ2) is 5.51. The lowest BCUT2D eigenvalue weighted by Gasteiger charge is -2.06. The topological polar surface area (TPSA) is 26.3 Å². The Bertz CT molecular complexity index is 337. The molecule has 0 aliphatic rings. The molecule has 1 aromatic rings. The van der Waals surface area contributed by atoms with Gasteiger partial charge < -0.3 is 4.74 Å². The van der Waals surface area contributed by atoms with Gasteiger partial charge in [-0.15, -0.1) is 0 Å². The van der Waals surface area contributed by atoms with E-state index in [1.807, 2.05) is 18.2 Å². The molecule has 0 unspecified atom stereocenters. The molecule has 0 aromatic heterocycles. The molecule has 0 amide bonds. The van der Waals surface area contributed by atoms with Crippen LogP contribution in [0.1, 0.15) is 21.5 Å². The fraction of sp³-hybridized carbons (Fsp3) is 0.300. The Morgan fingerprint density at radius 2 is 2.07 bits per heavy atom. The minimum atomic E-state index is -0.290. The highest BCUT2D eigenvalue weighted by atomic mass is 79.9. The van der Waals surface area contributed by atoms with Crippen LogP contribution in [0.25, 0.3) is 0 Å². The first kappa shape index (κ1) is 11.7. The monoisotopic (exact) mass is 320 g/mol. The van der Waals surface area contributed by atoms with Gasteiger partial charge in [0.25, 0.3) is 0 Å². The molecule has 0 aliphatic heterocycles. The van der Waals surface area contributed by atoms with Crippen molar-refractivity contribution in [2.24, 2.45) is 0 Å². The third-order valence-electron chi connectivity index (χ3n) is 1.88. The lowest BCUT2D eigenvalue weighted by molar-refractivity contribution is 0.0599. The van der Waals surface area contributed by atoms with Crippen LogP contribution in [0.5, 0.6) is 0 Å². The van der Waals surface area contributed by atoms with Crippen molar-refractivity contribution in [1.29, 1.82) is 0 Å². The fourth-order valence-electron chi connectivity index (χ4n) is 1.12. The number of hydrogen-bond donors (Lipinski definition) is 0. The van der Waals surface area contributed by atoms with Crippen molar-refractivity contribution in [3.63, 3.8) is 0 Å². The van der Waals surface area contributed by atoms with Gasteiger partial charge in [-0.05, 0) is 17.2 Å². The first-order chi connectivity index (χ1) is 6.72. The SMILES string of the molecule is COC(=O)c1cc(CBr)ccc1CBr. The minimum absolute atomic E-state index is 0.290. The minimum Gasteiger partial charge on any atom is -0.465 e. The van der Waals surface area contributed by atoms with E-state index in [0.717, 1.165) is 16.5 Å². The number of benzene rings is 1.